The number of alkyl halides is 3. The molecule has 12 rings (SSSR count). The van der Waals surface area contributed by atoms with Gasteiger partial charge in [-0.3, -0.25) is 0 Å². The van der Waals surface area contributed by atoms with Crippen LogP contribution in [0, 0.1) is 20.8 Å². The molecule has 1 atom stereocenters. The first kappa shape index (κ1) is 33.3. The van der Waals surface area contributed by atoms with Crippen LogP contribution in [0.2, 0.25) is 0 Å². The Bertz CT molecular complexity index is 3250. The van der Waals surface area contributed by atoms with Crippen molar-refractivity contribution in [1.29, 1.82) is 0 Å². The first-order valence-electron chi connectivity index (χ1n) is 18.6. The second-order valence-corrected chi connectivity index (χ2v) is 20.4. The van der Waals surface area contributed by atoms with E-state index in [2.05, 4.69) is 127 Å². The van der Waals surface area contributed by atoms with Gasteiger partial charge in [-0.25, -0.2) is 0 Å². The first-order valence-corrected chi connectivity index (χ1v) is 21.9. The van der Waals surface area contributed by atoms with E-state index in [0.29, 0.717) is 4.88 Å². The van der Waals surface area contributed by atoms with E-state index in [0.717, 1.165) is 61.6 Å². The summed E-state index contributed by atoms with van der Waals surface area (Å²) in [4.78, 5) is 7.41. The Morgan fingerprint density at radius 1 is 0.589 bits per heavy atom. The van der Waals surface area contributed by atoms with Gasteiger partial charge in [-0.2, -0.15) is 22.3 Å². The van der Waals surface area contributed by atoms with Crippen LogP contribution in [0.15, 0.2) is 84.2 Å². The predicted molar refractivity (Wildman–Crippen MR) is 226 cm³/mol. The van der Waals surface area contributed by atoms with E-state index in [1.165, 1.54) is 74.6 Å². The SMILES string of the molecule is CC1=C2C(c3ccc(C(F)(F)F)s3)=CC3=[N+]2C24n5c1cc(-c1ccc(C)s1)c5C(C)=C1C=C(c5ccc(C)s5)C(=[N+]12)C(C)=c1cc(-c2ccc(C)s2)c(n14)=C3C. The number of nitrogens with zero attached hydrogens (tertiary/aromatic N) is 4. The van der Waals surface area contributed by atoms with E-state index in [1.807, 2.05) is 11.3 Å². The van der Waals surface area contributed by atoms with E-state index in [-0.39, 0.29) is 0 Å². The van der Waals surface area contributed by atoms with Crippen LogP contribution in [-0.2, 0) is 12.1 Å². The Balaban J connectivity index is 1.31. The van der Waals surface area contributed by atoms with Gasteiger partial charge in [0.1, 0.15) is 4.88 Å². The van der Waals surface area contributed by atoms with Crippen molar-refractivity contribution in [3.63, 3.8) is 0 Å². The summed E-state index contributed by atoms with van der Waals surface area (Å²) in [6.07, 6.45) is 0.154. The molecule has 0 amide bonds. The fourth-order valence-corrected chi connectivity index (χ4v) is 13.6. The topological polar surface area (TPSA) is 15.9 Å². The second-order valence-electron chi connectivity index (χ2n) is 15.5. The van der Waals surface area contributed by atoms with Crippen LogP contribution in [0.25, 0.3) is 54.3 Å². The van der Waals surface area contributed by atoms with E-state index in [1.54, 1.807) is 28.7 Å². The molecule has 0 radical (unpaired) electrons. The molecule has 0 aromatic carbocycles. The van der Waals surface area contributed by atoms with Crippen LogP contribution >= 0.6 is 45.3 Å². The lowest BCUT2D eigenvalue weighted by Crippen LogP contribution is -2.71. The van der Waals surface area contributed by atoms with Gasteiger partial charge >= 0.3 is 12.1 Å². The standard InChI is InChI=1S/C45H33F3N4S4/c1-20-8-11-35(53-20)27-16-31-24(5)41-29(37-13-10-22(3)55-37)18-33-26(7)43-30(38-14-15-39(56-38)44(46,47)48)19-34-25(6)42-28(36-12-9-21(2)54-36)17-32-23(4)40(27)49(31)45(50(32)42,51(33)41)52(34)43/h8-19H,1-7H3/q+2. The van der Waals surface area contributed by atoms with Crippen molar-refractivity contribution in [2.45, 2.75) is 60.6 Å². The minimum atomic E-state index is -4.42. The third kappa shape index (κ3) is 3.81. The van der Waals surface area contributed by atoms with E-state index in [9.17, 15) is 13.2 Å². The summed E-state index contributed by atoms with van der Waals surface area (Å²) >= 11 is 6.25. The first-order chi connectivity index (χ1) is 26.8. The molecule has 0 saturated carbocycles. The summed E-state index contributed by atoms with van der Waals surface area (Å²) in [7, 11) is 0. The van der Waals surface area contributed by atoms with Crippen molar-refractivity contribution in [3.05, 3.63) is 136 Å². The summed E-state index contributed by atoms with van der Waals surface area (Å²) in [5, 5.41) is 2.29. The van der Waals surface area contributed by atoms with Crippen LogP contribution in [-0.4, -0.2) is 29.7 Å². The molecule has 0 bridgehead atoms. The van der Waals surface area contributed by atoms with Crippen LogP contribution in [0.4, 0.5) is 13.2 Å². The van der Waals surface area contributed by atoms with E-state index in [4.69, 9.17) is 0 Å². The minimum absolute atomic E-state index is 0.585. The Hall–Kier alpha value is -4.81. The van der Waals surface area contributed by atoms with E-state index < -0.39 is 17.0 Å². The van der Waals surface area contributed by atoms with Gasteiger partial charge in [0, 0.05) is 79.7 Å². The zero-order valence-electron chi connectivity index (χ0n) is 31.5. The van der Waals surface area contributed by atoms with Crippen molar-refractivity contribution in [2.75, 3.05) is 0 Å². The maximum absolute atomic E-state index is 14.2. The lowest BCUT2D eigenvalue weighted by molar-refractivity contribution is -0.834. The fraction of sp³-hybridized carbons (Fsp3) is 0.200. The van der Waals surface area contributed by atoms with Gasteiger partial charge in [0.15, 0.2) is 0 Å². The largest absolute Gasteiger partial charge is 0.553 e. The smallest absolute Gasteiger partial charge is 0.198 e. The van der Waals surface area contributed by atoms with Crippen molar-refractivity contribution in [2.24, 2.45) is 0 Å². The van der Waals surface area contributed by atoms with E-state index >= 15 is 0 Å². The number of hydrogen-bond donors (Lipinski definition) is 0. The summed E-state index contributed by atoms with van der Waals surface area (Å²) < 4.78 is 52.9. The normalized spacial score (nSPS) is 20.2. The summed E-state index contributed by atoms with van der Waals surface area (Å²) in [5.41, 5.74) is 15.5. The van der Waals surface area contributed by atoms with Gasteiger partial charge in [0.05, 0.1) is 33.2 Å². The molecule has 1 spiro atoms. The zero-order valence-corrected chi connectivity index (χ0v) is 34.7. The van der Waals surface area contributed by atoms with Crippen molar-refractivity contribution < 1.29 is 22.3 Å². The number of allylic oxidation sites excluding steroid dienone is 6. The Morgan fingerprint density at radius 2 is 1.21 bits per heavy atom. The van der Waals surface area contributed by atoms with Crippen molar-refractivity contribution in [1.82, 2.24) is 9.13 Å². The molecule has 6 aliphatic heterocycles. The number of thiophene rings is 4. The maximum atomic E-state index is 14.2. The number of aryl methyl sites for hydroxylation is 3. The highest BCUT2D eigenvalue weighted by Gasteiger charge is 2.74. The Morgan fingerprint density at radius 3 is 1.84 bits per heavy atom. The molecular formula is C45H33F3N4S4+2. The predicted octanol–water partition coefficient (Wildman–Crippen LogP) is 10.9. The van der Waals surface area contributed by atoms with Crippen LogP contribution in [0.3, 0.4) is 0 Å². The molecule has 6 aliphatic rings. The fourth-order valence-electron chi connectivity index (χ4n) is 10.1. The average Bonchev–Trinajstić information content (AvgIpc) is 4.00. The van der Waals surface area contributed by atoms with Gasteiger partial charge in [0.25, 0.3) is 0 Å². The lowest BCUT2D eigenvalue weighted by Gasteiger charge is -2.40. The summed E-state index contributed by atoms with van der Waals surface area (Å²) in [6, 6.07) is 21.0. The van der Waals surface area contributed by atoms with Crippen LogP contribution in [0.1, 0.15) is 68.3 Å². The molecule has 11 heteroatoms. The molecule has 12 heterocycles. The van der Waals surface area contributed by atoms with Gasteiger partial charge in [0.2, 0.25) is 22.8 Å². The maximum Gasteiger partial charge on any atom is 0.553 e. The number of halogens is 3. The minimum Gasteiger partial charge on any atom is -0.198 e. The molecule has 276 valence electrons. The molecular weight excluding hydrogens is 782 g/mol. The zero-order chi connectivity index (χ0) is 38.5. The lowest BCUT2D eigenvalue weighted by atomic mass is 9.98. The Kier molecular flexibility index (Phi) is 6.29. The third-order valence-corrected chi connectivity index (χ3v) is 16.6. The third-order valence-electron chi connectivity index (χ3n) is 12.3. The molecule has 0 aliphatic carbocycles. The highest BCUT2D eigenvalue weighted by molar-refractivity contribution is 7.16. The van der Waals surface area contributed by atoms with Gasteiger partial charge in [-0.05, 0) is 109 Å². The van der Waals surface area contributed by atoms with Gasteiger partial charge < -0.3 is 0 Å². The molecule has 4 nitrogen and oxygen atoms in total. The Labute approximate surface area is 336 Å². The molecule has 0 N–H and O–H groups in total. The molecule has 0 fully saturated rings. The summed E-state index contributed by atoms with van der Waals surface area (Å²) in [5.74, 6) is -0.981. The number of rotatable bonds is 4. The second kappa shape index (κ2) is 10.6. The van der Waals surface area contributed by atoms with Crippen molar-refractivity contribution in [3.8, 4) is 20.9 Å². The average molecular weight is 815 g/mol. The van der Waals surface area contributed by atoms with Crippen LogP contribution < -0.4 is 10.7 Å². The van der Waals surface area contributed by atoms with Crippen molar-refractivity contribution >= 4 is 90.2 Å². The molecule has 0 saturated heterocycles. The quantitative estimate of drug-likeness (QED) is 0.158. The number of aromatic nitrogens is 2. The van der Waals surface area contributed by atoms with Gasteiger partial charge in [-0.1, -0.05) is 9.15 Å². The monoisotopic (exact) mass is 814 g/mol. The summed E-state index contributed by atoms with van der Waals surface area (Å²) in [6.45, 7) is 15.4. The molecule has 1 unspecified atom stereocenters. The number of hydrogen-bond acceptors (Lipinski definition) is 4. The highest BCUT2D eigenvalue weighted by Crippen LogP contribution is 2.57. The molecule has 56 heavy (non-hydrogen) atoms. The molecule has 6 aromatic rings. The highest BCUT2D eigenvalue weighted by atomic mass is 32.1. The van der Waals surface area contributed by atoms with Crippen LogP contribution in [0.5, 0.6) is 0 Å². The van der Waals surface area contributed by atoms with Gasteiger partial charge in [-0.15, -0.1) is 45.3 Å². The molecule has 6 aromatic heterocycles.